The average molecular weight is 373 g/mol. The summed E-state index contributed by atoms with van der Waals surface area (Å²) in [5, 5.41) is 0. The van der Waals surface area contributed by atoms with E-state index in [9.17, 15) is 21.6 Å². The van der Waals surface area contributed by atoms with Crippen molar-refractivity contribution in [3.05, 3.63) is 59.7 Å². The van der Waals surface area contributed by atoms with Gasteiger partial charge in [-0.15, -0.1) is 0 Å². The van der Waals surface area contributed by atoms with Crippen LogP contribution < -0.4 is 9.46 Å². The summed E-state index contributed by atoms with van der Waals surface area (Å²) >= 11 is 0. The first-order valence-electron chi connectivity index (χ1n) is 7.45. The quantitative estimate of drug-likeness (QED) is 0.841. The van der Waals surface area contributed by atoms with Crippen LogP contribution in [0.3, 0.4) is 0 Å². The number of rotatable bonds is 6. The Bertz CT molecular complexity index is 835. The van der Waals surface area contributed by atoms with Gasteiger partial charge in [-0.05, 0) is 43.2 Å². The first kappa shape index (κ1) is 19.3. The van der Waals surface area contributed by atoms with Crippen LogP contribution in [-0.4, -0.2) is 21.6 Å². The van der Waals surface area contributed by atoms with E-state index in [1.54, 1.807) is 31.2 Å². The van der Waals surface area contributed by atoms with Crippen molar-refractivity contribution in [3.63, 3.8) is 0 Å². The van der Waals surface area contributed by atoms with Gasteiger partial charge in [0.1, 0.15) is 5.75 Å². The van der Waals surface area contributed by atoms with E-state index in [-0.39, 0.29) is 0 Å². The Morgan fingerprint density at radius 3 is 2.44 bits per heavy atom. The van der Waals surface area contributed by atoms with Crippen molar-refractivity contribution in [2.45, 2.75) is 30.5 Å². The van der Waals surface area contributed by atoms with Crippen molar-refractivity contribution < 1.29 is 26.3 Å². The number of hydrogen-bond acceptors (Lipinski definition) is 3. The Morgan fingerprint density at radius 1 is 1.12 bits per heavy atom. The number of benzene rings is 2. The molecule has 8 heteroatoms. The second-order valence-corrected chi connectivity index (χ2v) is 7.25. The molecule has 0 amide bonds. The van der Waals surface area contributed by atoms with E-state index in [1.165, 1.54) is 13.2 Å². The van der Waals surface area contributed by atoms with E-state index in [0.29, 0.717) is 12.2 Å². The molecule has 136 valence electrons. The van der Waals surface area contributed by atoms with Crippen LogP contribution in [0, 0.1) is 0 Å². The van der Waals surface area contributed by atoms with E-state index < -0.39 is 32.7 Å². The van der Waals surface area contributed by atoms with Crippen molar-refractivity contribution in [2.24, 2.45) is 0 Å². The number of methoxy groups -OCH3 is 1. The molecule has 2 aromatic carbocycles. The third-order valence-electron chi connectivity index (χ3n) is 3.51. The Labute approximate surface area is 144 Å². The normalized spacial score (nSPS) is 13.5. The van der Waals surface area contributed by atoms with Gasteiger partial charge < -0.3 is 4.74 Å². The number of nitrogens with one attached hydrogen (secondary N) is 1. The molecule has 0 bridgehead atoms. The summed E-state index contributed by atoms with van der Waals surface area (Å²) < 4.78 is 71.3. The van der Waals surface area contributed by atoms with Crippen LogP contribution in [0.1, 0.15) is 18.1 Å². The Hall–Kier alpha value is -2.06. The fraction of sp³-hybridized carbons (Fsp3) is 0.294. The monoisotopic (exact) mass is 373 g/mol. The van der Waals surface area contributed by atoms with Crippen LogP contribution in [-0.2, 0) is 22.6 Å². The minimum atomic E-state index is -4.75. The fourth-order valence-corrected chi connectivity index (χ4v) is 3.93. The predicted molar refractivity (Wildman–Crippen MR) is 87.9 cm³/mol. The minimum Gasteiger partial charge on any atom is -0.497 e. The van der Waals surface area contributed by atoms with Crippen LogP contribution in [0.4, 0.5) is 13.2 Å². The van der Waals surface area contributed by atoms with Gasteiger partial charge in [-0.1, -0.05) is 24.3 Å². The average Bonchev–Trinajstić information content (AvgIpc) is 2.53. The topological polar surface area (TPSA) is 55.4 Å². The molecule has 1 N–H and O–H groups in total. The van der Waals surface area contributed by atoms with Crippen LogP contribution in [0.5, 0.6) is 5.75 Å². The maximum absolute atomic E-state index is 13.0. The summed E-state index contributed by atoms with van der Waals surface area (Å²) in [6, 6.07) is 10.6. The number of ether oxygens (including phenoxy) is 1. The molecule has 0 aliphatic heterocycles. The van der Waals surface area contributed by atoms with Crippen LogP contribution >= 0.6 is 0 Å². The maximum atomic E-state index is 13.0. The lowest BCUT2D eigenvalue weighted by atomic mass is 10.1. The summed E-state index contributed by atoms with van der Waals surface area (Å²) in [7, 11) is -2.80. The Kier molecular flexibility index (Phi) is 5.74. The number of halogens is 3. The highest BCUT2D eigenvalue weighted by Crippen LogP contribution is 2.34. The molecule has 2 aromatic rings. The zero-order valence-corrected chi connectivity index (χ0v) is 14.5. The van der Waals surface area contributed by atoms with Gasteiger partial charge in [0, 0.05) is 6.04 Å². The molecule has 4 nitrogen and oxygen atoms in total. The van der Waals surface area contributed by atoms with Crippen molar-refractivity contribution in [3.8, 4) is 5.75 Å². The number of alkyl halides is 3. The number of hydrogen-bond donors (Lipinski definition) is 1. The van der Waals surface area contributed by atoms with E-state index in [4.69, 9.17) is 4.74 Å². The molecule has 0 heterocycles. The van der Waals surface area contributed by atoms with Gasteiger partial charge in [-0.3, -0.25) is 0 Å². The summed E-state index contributed by atoms with van der Waals surface area (Å²) in [6.07, 6.45) is -4.44. The summed E-state index contributed by atoms with van der Waals surface area (Å²) in [5.74, 6) is 0.620. The molecule has 0 spiro atoms. The molecule has 2 rings (SSSR count). The highest BCUT2D eigenvalue weighted by Gasteiger charge is 2.37. The third kappa shape index (κ3) is 4.96. The molecule has 0 radical (unpaired) electrons. The molecule has 25 heavy (non-hydrogen) atoms. The highest BCUT2D eigenvalue weighted by atomic mass is 32.2. The molecule has 1 atom stereocenters. The summed E-state index contributed by atoms with van der Waals surface area (Å²) in [5.41, 5.74) is -0.380. The number of sulfonamides is 1. The molecule has 0 saturated carbocycles. The van der Waals surface area contributed by atoms with Gasteiger partial charge in [-0.2, -0.15) is 13.2 Å². The van der Waals surface area contributed by atoms with E-state index in [0.717, 1.165) is 23.8 Å². The van der Waals surface area contributed by atoms with Crippen molar-refractivity contribution >= 4 is 10.0 Å². The zero-order valence-electron chi connectivity index (χ0n) is 13.7. The van der Waals surface area contributed by atoms with Gasteiger partial charge in [0.15, 0.2) is 0 Å². The second kappa shape index (κ2) is 7.45. The van der Waals surface area contributed by atoms with E-state index >= 15 is 0 Å². The van der Waals surface area contributed by atoms with Gasteiger partial charge in [-0.25, -0.2) is 13.1 Å². The summed E-state index contributed by atoms with van der Waals surface area (Å²) in [4.78, 5) is -0.778. The van der Waals surface area contributed by atoms with Crippen LogP contribution in [0.15, 0.2) is 53.4 Å². The highest BCUT2D eigenvalue weighted by molar-refractivity contribution is 7.89. The largest absolute Gasteiger partial charge is 0.497 e. The van der Waals surface area contributed by atoms with Gasteiger partial charge in [0.05, 0.1) is 17.6 Å². The van der Waals surface area contributed by atoms with Crippen LogP contribution in [0.2, 0.25) is 0 Å². The minimum absolute atomic E-state index is 0.310. The Morgan fingerprint density at radius 2 is 1.80 bits per heavy atom. The molecule has 1 unspecified atom stereocenters. The lowest BCUT2D eigenvalue weighted by Crippen LogP contribution is -2.35. The van der Waals surface area contributed by atoms with Crippen molar-refractivity contribution in [2.75, 3.05) is 7.11 Å². The standard InChI is InChI=1S/C17H18F3NO3S/c1-12(10-13-6-5-7-14(11-13)24-2)21-25(22,23)16-9-4-3-8-15(16)17(18,19)20/h3-9,11-12,21H,10H2,1-2H3. The second-order valence-electron chi connectivity index (χ2n) is 5.57. The van der Waals surface area contributed by atoms with Crippen molar-refractivity contribution in [1.82, 2.24) is 4.72 Å². The molecular weight excluding hydrogens is 355 g/mol. The fourth-order valence-electron chi connectivity index (χ4n) is 2.46. The lowest BCUT2D eigenvalue weighted by molar-refractivity contribution is -0.139. The van der Waals surface area contributed by atoms with Gasteiger partial charge in [0.2, 0.25) is 10.0 Å². The lowest BCUT2D eigenvalue weighted by Gasteiger charge is -2.17. The molecular formula is C17H18F3NO3S. The third-order valence-corrected chi connectivity index (χ3v) is 5.16. The smallest absolute Gasteiger partial charge is 0.417 e. The molecule has 0 aliphatic rings. The SMILES string of the molecule is COc1cccc(CC(C)NS(=O)(=O)c2ccccc2C(F)(F)F)c1. The maximum Gasteiger partial charge on any atom is 0.417 e. The first-order chi connectivity index (χ1) is 11.6. The van der Waals surface area contributed by atoms with E-state index in [2.05, 4.69) is 4.72 Å². The first-order valence-corrected chi connectivity index (χ1v) is 8.93. The molecule has 0 fully saturated rings. The van der Waals surface area contributed by atoms with Gasteiger partial charge in [0.25, 0.3) is 0 Å². The van der Waals surface area contributed by atoms with Gasteiger partial charge >= 0.3 is 6.18 Å². The molecule has 0 aromatic heterocycles. The van der Waals surface area contributed by atoms with E-state index in [1.807, 2.05) is 0 Å². The van der Waals surface area contributed by atoms with Crippen LogP contribution in [0.25, 0.3) is 0 Å². The zero-order chi connectivity index (χ0) is 18.7. The van der Waals surface area contributed by atoms with Crippen molar-refractivity contribution in [1.29, 1.82) is 0 Å². The Balaban J connectivity index is 2.21. The molecule has 0 saturated heterocycles. The summed E-state index contributed by atoms with van der Waals surface area (Å²) in [6.45, 7) is 1.59. The predicted octanol–water partition coefficient (Wildman–Crippen LogP) is 3.62. The molecule has 0 aliphatic carbocycles.